The van der Waals surface area contributed by atoms with Crippen LogP contribution < -0.4 is 10.1 Å². The van der Waals surface area contributed by atoms with Crippen LogP contribution in [0.2, 0.25) is 0 Å². The number of hydrogen-bond acceptors (Lipinski definition) is 4. The van der Waals surface area contributed by atoms with Crippen molar-refractivity contribution >= 4 is 22.9 Å². The molecule has 0 saturated heterocycles. The lowest BCUT2D eigenvalue weighted by Gasteiger charge is -2.21. The average molecular weight is 403 g/mol. The lowest BCUT2D eigenvalue weighted by Crippen LogP contribution is -2.25. The van der Waals surface area contributed by atoms with Gasteiger partial charge in [-0.25, -0.2) is 4.98 Å². The normalized spacial score (nSPS) is 11.6. The number of carbonyl (C=O) groups is 1. The molecule has 7 nitrogen and oxygen atoms in total. The van der Waals surface area contributed by atoms with E-state index in [4.69, 9.17) is 4.74 Å². The molecule has 1 N–H and O–H groups in total. The Labute approximate surface area is 175 Å². The minimum Gasteiger partial charge on any atom is -0.495 e. The Morgan fingerprint density at radius 2 is 1.77 bits per heavy atom. The molecule has 0 bridgehead atoms. The number of aromatic nitrogens is 4. The fourth-order valence-corrected chi connectivity index (χ4v) is 3.60. The van der Waals surface area contributed by atoms with E-state index in [9.17, 15) is 4.79 Å². The molecule has 0 spiro atoms. The summed E-state index contributed by atoms with van der Waals surface area (Å²) in [4.78, 5) is 17.7. The number of fused-ring (bicyclic) bond motifs is 1. The van der Waals surface area contributed by atoms with Gasteiger partial charge in [-0.1, -0.05) is 24.3 Å². The molecule has 1 amide bonds. The van der Waals surface area contributed by atoms with Gasteiger partial charge in [0.05, 0.1) is 29.4 Å². The summed E-state index contributed by atoms with van der Waals surface area (Å²) in [5.74, 6) is 0.783. The Morgan fingerprint density at radius 3 is 2.47 bits per heavy atom. The van der Waals surface area contributed by atoms with E-state index >= 15 is 0 Å². The molecular weight excluding hydrogens is 378 g/mol. The van der Waals surface area contributed by atoms with Crippen LogP contribution in [0.5, 0.6) is 5.75 Å². The molecule has 0 fully saturated rings. The predicted molar refractivity (Wildman–Crippen MR) is 118 cm³/mol. The van der Waals surface area contributed by atoms with E-state index in [0.29, 0.717) is 17.4 Å². The number of anilines is 1. The molecule has 4 aromatic rings. The van der Waals surface area contributed by atoms with E-state index < -0.39 is 0 Å². The van der Waals surface area contributed by atoms with Crippen LogP contribution in [0.1, 0.15) is 37.0 Å². The molecule has 0 atom stereocenters. The Morgan fingerprint density at radius 1 is 1.07 bits per heavy atom. The summed E-state index contributed by atoms with van der Waals surface area (Å²) < 4.78 is 9.28. The number of para-hydroxylation sites is 4. The maximum absolute atomic E-state index is 13.0. The molecule has 0 radical (unpaired) electrons. The number of imidazole rings is 1. The smallest absolute Gasteiger partial charge is 0.278 e. The van der Waals surface area contributed by atoms with Gasteiger partial charge < -0.3 is 4.74 Å². The second kappa shape index (κ2) is 7.33. The number of methoxy groups -OCH3 is 1. The zero-order chi connectivity index (χ0) is 21.5. The fourth-order valence-electron chi connectivity index (χ4n) is 3.60. The average Bonchev–Trinajstić information content (AvgIpc) is 3.28. The van der Waals surface area contributed by atoms with E-state index in [2.05, 4.69) is 36.2 Å². The SMILES string of the molecule is COc1ccccc1-n1c(NC(=O)c2cc(C)n(C(C)(C)C)n2)nc2ccccc21. The summed E-state index contributed by atoms with van der Waals surface area (Å²) in [6.07, 6.45) is 0. The van der Waals surface area contributed by atoms with Crippen LogP contribution in [0, 0.1) is 6.92 Å². The van der Waals surface area contributed by atoms with Crippen LogP contribution in [0.4, 0.5) is 5.95 Å². The van der Waals surface area contributed by atoms with Crippen molar-refractivity contribution in [2.24, 2.45) is 0 Å². The number of hydrogen-bond donors (Lipinski definition) is 1. The number of nitrogens with one attached hydrogen (secondary N) is 1. The van der Waals surface area contributed by atoms with Crippen LogP contribution in [-0.4, -0.2) is 32.3 Å². The highest BCUT2D eigenvalue weighted by molar-refractivity contribution is 6.03. The summed E-state index contributed by atoms with van der Waals surface area (Å²) in [5.41, 5.74) is 3.49. The summed E-state index contributed by atoms with van der Waals surface area (Å²) in [6, 6.07) is 17.2. The van der Waals surface area contributed by atoms with Gasteiger partial charge in [0.1, 0.15) is 5.75 Å². The Kier molecular flexibility index (Phi) is 4.81. The quantitative estimate of drug-likeness (QED) is 0.543. The van der Waals surface area contributed by atoms with Gasteiger partial charge in [-0.05, 0) is 58.0 Å². The first kappa shape index (κ1) is 19.7. The molecule has 2 aromatic carbocycles. The van der Waals surface area contributed by atoms with Crippen molar-refractivity contribution in [3.05, 3.63) is 66.0 Å². The third kappa shape index (κ3) is 3.43. The Balaban J connectivity index is 1.80. The summed E-state index contributed by atoms with van der Waals surface area (Å²) in [5, 5.41) is 7.45. The number of ether oxygens (including phenoxy) is 1. The maximum atomic E-state index is 13.0. The maximum Gasteiger partial charge on any atom is 0.278 e. The van der Waals surface area contributed by atoms with Crippen molar-refractivity contribution in [1.82, 2.24) is 19.3 Å². The molecule has 7 heteroatoms. The molecule has 0 unspecified atom stereocenters. The summed E-state index contributed by atoms with van der Waals surface area (Å²) in [7, 11) is 1.62. The zero-order valence-corrected chi connectivity index (χ0v) is 17.8. The van der Waals surface area contributed by atoms with Crippen LogP contribution in [0.25, 0.3) is 16.7 Å². The topological polar surface area (TPSA) is 74.0 Å². The molecule has 0 aliphatic heterocycles. The van der Waals surface area contributed by atoms with Crippen LogP contribution in [0.15, 0.2) is 54.6 Å². The largest absolute Gasteiger partial charge is 0.495 e. The van der Waals surface area contributed by atoms with Gasteiger partial charge in [0.25, 0.3) is 5.91 Å². The highest BCUT2D eigenvalue weighted by atomic mass is 16.5. The molecule has 154 valence electrons. The number of rotatable bonds is 4. The van der Waals surface area contributed by atoms with E-state index in [0.717, 1.165) is 22.4 Å². The van der Waals surface area contributed by atoms with Crippen molar-refractivity contribution in [2.75, 3.05) is 12.4 Å². The van der Waals surface area contributed by atoms with Crippen molar-refractivity contribution < 1.29 is 9.53 Å². The second-order valence-electron chi connectivity index (χ2n) is 8.14. The molecule has 0 aliphatic carbocycles. The van der Waals surface area contributed by atoms with E-state index in [-0.39, 0.29) is 11.4 Å². The van der Waals surface area contributed by atoms with Gasteiger partial charge in [-0.3, -0.25) is 19.4 Å². The molecule has 0 saturated carbocycles. The summed E-state index contributed by atoms with van der Waals surface area (Å²) in [6.45, 7) is 8.10. The third-order valence-corrected chi connectivity index (χ3v) is 4.87. The number of amides is 1. The number of benzene rings is 2. The monoisotopic (exact) mass is 403 g/mol. The Hall–Kier alpha value is -3.61. The fraction of sp³-hybridized carbons (Fsp3) is 0.261. The molecule has 0 aliphatic rings. The molecule has 4 rings (SSSR count). The van der Waals surface area contributed by atoms with Gasteiger partial charge in [0, 0.05) is 5.69 Å². The molecular formula is C23H25N5O2. The van der Waals surface area contributed by atoms with Crippen LogP contribution in [0.3, 0.4) is 0 Å². The molecule has 2 aromatic heterocycles. The number of carbonyl (C=O) groups excluding carboxylic acids is 1. The van der Waals surface area contributed by atoms with Gasteiger partial charge in [-0.2, -0.15) is 5.10 Å². The van der Waals surface area contributed by atoms with Gasteiger partial charge in [-0.15, -0.1) is 0 Å². The van der Waals surface area contributed by atoms with Crippen molar-refractivity contribution in [1.29, 1.82) is 0 Å². The number of aryl methyl sites for hydroxylation is 1. The standard InChI is InChI=1S/C23H25N5O2/c1-15-14-17(26-28(15)23(2,3)4)21(29)25-22-24-16-10-6-7-11-18(16)27(22)19-12-8-9-13-20(19)30-5/h6-14H,1-5H3,(H,24,25,29). The first-order valence-corrected chi connectivity index (χ1v) is 9.79. The molecule has 30 heavy (non-hydrogen) atoms. The highest BCUT2D eigenvalue weighted by Gasteiger charge is 2.22. The van der Waals surface area contributed by atoms with Gasteiger partial charge in [0.15, 0.2) is 5.69 Å². The minimum atomic E-state index is -0.312. The number of nitrogens with zero attached hydrogens (tertiary/aromatic N) is 4. The van der Waals surface area contributed by atoms with E-state index in [1.54, 1.807) is 13.2 Å². The van der Waals surface area contributed by atoms with E-state index in [1.807, 2.05) is 64.7 Å². The van der Waals surface area contributed by atoms with Gasteiger partial charge >= 0.3 is 0 Å². The van der Waals surface area contributed by atoms with Gasteiger partial charge in [0.2, 0.25) is 5.95 Å². The van der Waals surface area contributed by atoms with Crippen LogP contribution >= 0.6 is 0 Å². The van der Waals surface area contributed by atoms with Crippen molar-refractivity contribution in [2.45, 2.75) is 33.2 Å². The highest BCUT2D eigenvalue weighted by Crippen LogP contribution is 2.30. The first-order chi connectivity index (χ1) is 14.3. The first-order valence-electron chi connectivity index (χ1n) is 9.79. The minimum absolute atomic E-state index is 0.215. The zero-order valence-electron chi connectivity index (χ0n) is 17.8. The van der Waals surface area contributed by atoms with Crippen molar-refractivity contribution in [3.8, 4) is 11.4 Å². The van der Waals surface area contributed by atoms with E-state index in [1.165, 1.54) is 0 Å². The lowest BCUT2D eigenvalue weighted by atomic mass is 10.1. The van der Waals surface area contributed by atoms with Crippen molar-refractivity contribution in [3.63, 3.8) is 0 Å². The Bertz CT molecular complexity index is 1230. The molecule has 2 heterocycles. The van der Waals surface area contributed by atoms with Crippen LogP contribution in [-0.2, 0) is 5.54 Å². The summed E-state index contributed by atoms with van der Waals surface area (Å²) >= 11 is 0. The third-order valence-electron chi connectivity index (χ3n) is 4.87. The second-order valence-corrected chi connectivity index (χ2v) is 8.14. The predicted octanol–water partition coefficient (Wildman–Crippen LogP) is 4.55. The lowest BCUT2D eigenvalue weighted by molar-refractivity contribution is 0.101.